The first-order chi connectivity index (χ1) is 15.9. The second-order valence-corrected chi connectivity index (χ2v) is 9.11. The van der Waals surface area contributed by atoms with Crippen LogP contribution in [0, 0.1) is 25.2 Å². The van der Waals surface area contributed by atoms with Gasteiger partial charge in [-0.1, -0.05) is 6.07 Å². The molecular formula is C23H21N5O3S2. The summed E-state index contributed by atoms with van der Waals surface area (Å²) in [6, 6.07) is 7.69. The number of nitriles is 1. The van der Waals surface area contributed by atoms with E-state index in [0.717, 1.165) is 32.1 Å². The minimum absolute atomic E-state index is 0.113. The van der Waals surface area contributed by atoms with Crippen molar-refractivity contribution in [3.63, 3.8) is 0 Å². The Hall–Kier alpha value is -3.52. The standard InChI is InChI=1S/C23H21N5O3S2/c1-14-9-16(15(2)27(14)6-7-31-3)10-17(11-24)21(29)26-28-13-25-22-20(23(28)30)18(12-33-22)19-5-4-8-32-19/h4-5,8-10,12-13H,6-7H2,1-3H3,(H,26,29)/b17-10+. The van der Waals surface area contributed by atoms with Crippen molar-refractivity contribution in [3.05, 3.63) is 68.2 Å². The quantitative estimate of drug-likeness (QED) is 0.320. The van der Waals surface area contributed by atoms with E-state index in [0.29, 0.717) is 23.4 Å². The molecule has 168 valence electrons. The number of aromatic nitrogens is 3. The van der Waals surface area contributed by atoms with Gasteiger partial charge in [0.15, 0.2) is 0 Å². The second-order valence-electron chi connectivity index (χ2n) is 7.31. The van der Waals surface area contributed by atoms with E-state index in [2.05, 4.69) is 15.0 Å². The molecule has 0 saturated heterocycles. The summed E-state index contributed by atoms with van der Waals surface area (Å²) in [5.41, 5.74) is 5.46. The van der Waals surface area contributed by atoms with Crippen LogP contribution in [0.5, 0.6) is 0 Å². The minimum atomic E-state index is -0.685. The van der Waals surface area contributed by atoms with E-state index < -0.39 is 11.5 Å². The van der Waals surface area contributed by atoms with Crippen molar-refractivity contribution < 1.29 is 9.53 Å². The largest absolute Gasteiger partial charge is 0.383 e. The summed E-state index contributed by atoms with van der Waals surface area (Å²) in [4.78, 5) is 31.8. The molecule has 0 aromatic carbocycles. The van der Waals surface area contributed by atoms with Crippen LogP contribution in [-0.4, -0.2) is 33.9 Å². The maximum atomic E-state index is 13.1. The number of amides is 1. The molecule has 0 aliphatic heterocycles. The number of aryl methyl sites for hydroxylation is 1. The van der Waals surface area contributed by atoms with Crippen molar-refractivity contribution in [1.82, 2.24) is 14.2 Å². The Labute approximate surface area is 198 Å². The van der Waals surface area contributed by atoms with Crippen molar-refractivity contribution in [1.29, 1.82) is 5.26 Å². The molecule has 4 aromatic heterocycles. The minimum Gasteiger partial charge on any atom is -0.383 e. The van der Waals surface area contributed by atoms with Gasteiger partial charge in [0, 0.05) is 40.9 Å². The summed E-state index contributed by atoms with van der Waals surface area (Å²) < 4.78 is 8.24. The van der Waals surface area contributed by atoms with E-state index in [4.69, 9.17) is 4.74 Å². The molecule has 33 heavy (non-hydrogen) atoms. The van der Waals surface area contributed by atoms with Gasteiger partial charge in [-0.25, -0.2) is 9.66 Å². The molecule has 0 atom stereocenters. The third-order valence-electron chi connectivity index (χ3n) is 5.30. The molecule has 1 N–H and O–H groups in total. The van der Waals surface area contributed by atoms with E-state index in [1.165, 1.54) is 35.1 Å². The van der Waals surface area contributed by atoms with E-state index in [9.17, 15) is 14.9 Å². The van der Waals surface area contributed by atoms with Crippen LogP contribution in [0.3, 0.4) is 0 Å². The Morgan fingerprint density at radius 1 is 1.36 bits per heavy atom. The number of rotatable bonds is 7. The van der Waals surface area contributed by atoms with E-state index in [1.54, 1.807) is 7.11 Å². The fourth-order valence-corrected chi connectivity index (χ4v) is 5.32. The molecule has 0 fully saturated rings. The second kappa shape index (κ2) is 9.54. The Kier molecular flexibility index (Phi) is 6.55. The lowest BCUT2D eigenvalue weighted by Crippen LogP contribution is -2.33. The molecule has 0 aliphatic carbocycles. The SMILES string of the molecule is COCCn1c(C)cc(/C=C(\C#N)C(=O)Nn2cnc3scc(-c4cccs4)c3c2=O)c1C. The highest BCUT2D eigenvalue weighted by molar-refractivity contribution is 7.18. The van der Waals surface area contributed by atoms with Gasteiger partial charge in [-0.05, 0) is 43.0 Å². The van der Waals surface area contributed by atoms with Crippen LogP contribution < -0.4 is 11.0 Å². The maximum absolute atomic E-state index is 13.1. The number of nitrogens with one attached hydrogen (secondary N) is 1. The van der Waals surface area contributed by atoms with Crippen molar-refractivity contribution in [2.45, 2.75) is 20.4 Å². The van der Waals surface area contributed by atoms with Gasteiger partial charge in [0.2, 0.25) is 0 Å². The molecule has 4 aromatic rings. The third-order valence-corrected chi connectivity index (χ3v) is 7.09. The molecule has 4 rings (SSSR count). The summed E-state index contributed by atoms with van der Waals surface area (Å²) in [7, 11) is 1.64. The molecule has 0 saturated carbocycles. The lowest BCUT2D eigenvalue weighted by atomic mass is 10.1. The first-order valence-corrected chi connectivity index (χ1v) is 11.8. The highest BCUT2D eigenvalue weighted by atomic mass is 32.1. The van der Waals surface area contributed by atoms with Gasteiger partial charge in [-0.3, -0.25) is 15.0 Å². The summed E-state index contributed by atoms with van der Waals surface area (Å²) in [5.74, 6) is -0.685. The van der Waals surface area contributed by atoms with Crippen LogP contribution in [-0.2, 0) is 16.1 Å². The van der Waals surface area contributed by atoms with Crippen molar-refractivity contribution in [2.24, 2.45) is 0 Å². The van der Waals surface area contributed by atoms with Gasteiger partial charge in [0.1, 0.15) is 22.8 Å². The van der Waals surface area contributed by atoms with Crippen molar-refractivity contribution in [3.8, 4) is 16.5 Å². The van der Waals surface area contributed by atoms with Gasteiger partial charge in [0.25, 0.3) is 11.5 Å². The number of nitrogens with zero attached hydrogens (tertiary/aromatic N) is 4. The van der Waals surface area contributed by atoms with Crippen LogP contribution in [0.2, 0.25) is 0 Å². The van der Waals surface area contributed by atoms with E-state index in [-0.39, 0.29) is 5.57 Å². The highest BCUT2D eigenvalue weighted by Gasteiger charge is 2.17. The third kappa shape index (κ3) is 4.39. The van der Waals surface area contributed by atoms with Gasteiger partial charge in [-0.15, -0.1) is 22.7 Å². The molecule has 0 unspecified atom stereocenters. The number of thiophene rings is 2. The topological polar surface area (TPSA) is 102 Å². The Morgan fingerprint density at radius 3 is 2.88 bits per heavy atom. The molecule has 1 amide bonds. The molecule has 0 radical (unpaired) electrons. The van der Waals surface area contributed by atoms with Gasteiger partial charge >= 0.3 is 0 Å². The molecule has 10 heteroatoms. The monoisotopic (exact) mass is 479 g/mol. The molecule has 0 bridgehead atoms. The number of hydrogen-bond donors (Lipinski definition) is 1. The summed E-state index contributed by atoms with van der Waals surface area (Å²) in [5, 5.41) is 13.9. The maximum Gasteiger partial charge on any atom is 0.281 e. The predicted molar refractivity (Wildman–Crippen MR) is 131 cm³/mol. The first-order valence-electron chi connectivity index (χ1n) is 10.1. The van der Waals surface area contributed by atoms with Crippen molar-refractivity contribution >= 4 is 44.9 Å². The average Bonchev–Trinajstić information content (AvgIpc) is 3.53. The van der Waals surface area contributed by atoms with Crippen molar-refractivity contribution in [2.75, 3.05) is 19.1 Å². The Morgan fingerprint density at radius 2 is 2.18 bits per heavy atom. The van der Waals surface area contributed by atoms with Gasteiger partial charge in [-0.2, -0.15) is 5.26 Å². The lowest BCUT2D eigenvalue weighted by molar-refractivity contribution is -0.113. The summed E-state index contributed by atoms with van der Waals surface area (Å²) in [6.45, 7) is 5.11. The summed E-state index contributed by atoms with van der Waals surface area (Å²) >= 11 is 2.90. The number of carbonyl (C=O) groups excluding carboxylic acids is 1. The van der Waals surface area contributed by atoms with Crippen LogP contribution >= 0.6 is 22.7 Å². The molecule has 8 nitrogen and oxygen atoms in total. The van der Waals surface area contributed by atoms with Gasteiger partial charge < -0.3 is 9.30 Å². The zero-order chi connectivity index (χ0) is 23.5. The highest BCUT2D eigenvalue weighted by Crippen LogP contribution is 2.33. The number of fused-ring (bicyclic) bond motifs is 1. The average molecular weight is 480 g/mol. The molecule has 4 heterocycles. The lowest BCUT2D eigenvalue weighted by Gasteiger charge is -2.09. The zero-order valence-corrected chi connectivity index (χ0v) is 19.9. The van der Waals surface area contributed by atoms with Crippen LogP contribution in [0.1, 0.15) is 17.0 Å². The fourth-order valence-electron chi connectivity index (χ4n) is 3.60. The molecule has 0 aliphatic rings. The Balaban J connectivity index is 1.65. The number of methoxy groups -OCH3 is 1. The van der Waals surface area contributed by atoms with Crippen LogP contribution in [0.4, 0.5) is 0 Å². The summed E-state index contributed by atoms with van der Waals surface area (Å²) in [6.07, 6.45) is 2.79. The number of carbonyl (C=O) groups is 1. The number of hydrogen-bond acceptors (Lipinski definition) is 7. The number of ether oxygens (including phenoxy) is 1. The molecular weight excluding hydrogens is 458 g/mol. The Bertz CT molecular complexity index is 1450. The van der Waals surface area contributed by atoms with E-state index in [1.807, 2.05) is 48.9 Å². The van der Waals surface area contributed by atoms with Crippen LogP contribution in [0.15, 0.2) is 45.7 Å². The smallest absolute Gasteiger partial charge is 0.281 e. The first kappa shape index (κ1) is 22.7. The fraction of sp³-hybridized carbons (Fsp3) is 0.217. The zero-order valence-electron chi connectivity index (χ0n) is 18.3. The normalized spacial score (nSPS) is 11.6. The molecule has 0 spiro atoms. The van der Waals surface area contributed by atoms with Gasteiger partial charge in [0.05, 0.1) is 12.0 Å². The predicted octanol–water partition coefficient (Wildman–Crippen LogP) is 3.93. The van der Waals surface area contributed by atoms with E-state index >= 15 is 0 Å². The van der Waals surface area contributed by atoms with Crippen LogP contribution in [0.25, 0.3) is 26.7 Å².